The number of hydrogen-bond donors (Lipinski definition) is 7. The van der Waals surface area contributed by atoms with E-state index in [1.807, 2.05) is 0 Å². The van der Waals surface area contributed by atoms with E-state index in [2.05, 4.69) is 66.3 Å². The van der Waals surface area contributed by atoms with Crippen molar-refractivity contribution in [2.24, 2.45) is 0 Å². The van der Waals surface area contributed by atoms with E-state index in [1.54, 1.807) is 0 Å². The molecule has 0 bridgehead atoms. The minimum absolute atomic E-state index is 0.0192. The Morgan fingerprint density at radius 2 is 0.815 bits per heavy atom. The highest BCUT2D eigenvalue weighted by Crippen LogP contribution is 2.09. The summed E-state index contributed by atoms with van der Waals surface area (Å²) in [5, 5.41) is 64.8. The van der Waals surface area contributed by atoms with E-state index >= 15 is 0 Å². The Balaban J connectivity index is 0.000000412. The van der Waals surface area contributed by atoms with Crippen LogP contribution < -0.4 is 0 Å². The van der Waals surface area contributed by atoms with Crippen LogP contribution in [0, 0.1) is 0 Å². The van der Waals surface area contributed by atoms with Crippen LogP contribution in [0.3, 0.4) is 0 Å². The van der Waals surface area contributed by atoms with Crippen molar-refractivity contribution in [2.75, 3.05) is 112 Å². The van der Waals surface area contributed by atoms with Crippen LogP contribution in [0.4, 0.5) is 33.6 Å². The molecule has 6 fully saturated rings. The molecular weight excluding hydrogens is 908 g/mol. The summed E-state index contributed by atoms with van der Waals surface area (Å²) < 4.78 is 72.4. The molecule has 6 rings (SSSR count). The highest BCUT2D eigenvalue weighted by atomic mass is 16.8. The standard InChI is InChI=1S/C10H12O9.C8H12O8.3C4H6O4.C3H8O3/c11-8(15-2-7-4-17-10(13)19-7)5-14-1-6-3-16-9(12)18-6;9-1-5(10)2-13-7(11)14-3-6-4-15-8(12)16-6;3*5-1-3-2-7-4(6)8-3;4-1-3(6)2-5/h6-7H,1-5H2;5-6,9-10H,1-4H2;3*3,5H,1-2H2;3-6H,1-2H2/p+1. The lowest BCUT2D eigenvalue weighted by Gasteiger charge is -2.10. The summed E-state index contributed by atoms with van der Waals surface area (Å²) in [6.07, 6.45) is -10.5. The molecule has 32 nitrogen and oxygen atoms in total. The number of carbonyl (C=O) groups excluding carboxylic acids is 8. The highest BCUT2D eigenvalue weighted by Gasteiger charge is 2.29. The van der Waals surface area contributed by atoms with Gasteiger partial charge in [0.05, 0.1) is 39.6 Å². The largest absolute Gasteiger partial charge is 0.508 e. The van der Waals surface area contributed by atoms with Crippen molar-refractivity contribution >= 4 is 49.1 Å². The lowest BCUT2D eigenvalue weighted by atomic mass is 10.4. The van der Waals surface area contributed by atoms with Crippen LogP contribution in [-0.4, -0.2) is 251 Å². The zero-order chi connectivity index (χ0) is 48.6. The molecule has 32 heteroatoms. The Hall–Kier alpha value is -6.00. The Morgan fingerprint density at radius 1 is 0.492 bits per heavy atom. The number of cyclic esters (lactones) is 12. The minimum atomic E-state index is -1.14. The fourth-order valence-corrected chi connectivity index (χ4v) is 3.69. The second-order valence-electron chi connectivity index (χ2n) is 12.3. The topological polar surface area (TPSA) is 449 Å². The van der Waals surface area contributed by atoms with E-state index in [1.165, 1.54) is 0 Å². The number of esters is 1. The van der Waals surface area contributed by atoms with Crippen molar-refractivity contribution in [2.45, 2.75) is 48.8 Å². The number of aliphatic hydroxyl groups is 7. The molecule has 0 spiro atoms. The maximum absolute atomic E-state index is 11.3. The van der Waals surface area contributed by atoms with Gasteiger partial charge >= 0.3 is 49.1 Å². The molecule has 0 amide bonds. The van der Waals surface area contributed by atoms with E-state index < -0.39 is 104 Å². The summed E-state index contributed by atoms with van der Waals surface area (Å²) in [7, 11) is 0. The van der Waals surface area contributed by atoms with Crippen molar-refractivity contribution in [3.05, 3.63) is 0 Å². The summed E-state index contributed by atoms with van der Waals surface area (Å²) in [4.78, 5) is 83.9. The fraction of sp³-hybridized carbons (Fsp3) is 0.758. The van der Waals surface area contributed by atoms with Gasteiger partial charge in [0, 0.05) is 0 Å². The number of rotatable bonds is 16. The van der Waals surface area contributed by atoms with Gasteiger partial charge in [-0.1, -0.05) is 0 Å². The molecule has 65 heavy (non-hydrogen) atoms. The second-order valence-corrected chi connectivity index (χ2v) is 12.3. The normalized spacial score (nSPS) is 23.9. The van der Waals surface area contributed by atoms with E-state index in [0.29, 0.717) is 0 Å². The molecule has 8 atom stereocenters. The number of ether oxygens (including phenoxy) is 16. The highest BCUT2D eigenvalue weighted by molar-refractivity contribution is 5.71. The molecule has 0 aromatic rings. The predicted molar refractivity (Wildman–Crippen MR) is 192 cm³/mol. The van der Waals surface area contributed by atoms with Crippen LogP contribution in [0.2, 0.25) is 0 Å². The summed E-state index contributed by atoms with van der Waals surface area (Å²) in [5.41, 5.74) is 0. The van der Waals surface area contributed by atoms with Gasteiger partial charge in [-0.15, -0.1) is 0 Å². The van der Waals surface area contributed by atoms with Gasteiger partial charge in [-0.25, -0.2) is 38.4 Å². The van der Waals surface area contributed by atoms with Crippen LogP contribution in [0.5, 0.6) is 0 Å². The third-order valence-electron chi connectivity index (χ3n) is 6.90. The van der Waals surface area contributed by atoms with Gasteiger partial charge in [-0.3, -0.25) is 0 Å². The van der Waals surface area contributed by atoms with E-state index in [9.17, 15) is 38.4 Å². The summed E-state index contributed by atoms with van der Waals surface area (Å²) in [5.74, 6) is -0.617. The number of aliphatic hydroxyl groups excluding tert-OH is 7. The molecule has 9 N–H and O–H groups in total. The van der Waals surface area contributed by atoms with Crippen molar-refractivity contribution < 1.29 is 155 Å². The Morgan fingerprint density at radius 3 is 1.08 bits per heavy atom. The van der Waals surface area contributed by atoms with Gasteiger partial charge < -0.3 is 117 Å². The lowest BCUT2D eigenvalue weighted by molar-refractivity contribution is -0.152. The monoisotopic (exact) mass is 959 g/mol. The first-order valence-electron chi connectivity index (χ1n) is 18.6. The molecule has 0 saturated carbocycles. The van der Waals surface area contributed by atoms with Crippen LogP contribution in [0.1, 0.15) is 0 Å². The first-order valence-corrected chi connectivity index (χ1v) is 18.6. The summed E-state index contributed by atoms with van der Waals surface area (Å²) in [6.45, 7) is -1.59. The van der Waals surface area contributed by atoms with Crippen molar-refractivity contribution in [3.63, 3.8) is 0 Å². The maximum Gasteiger partial charge on any atom is 0.508 e. The molecule has 0 radical (unpaired) electrons. The molecule has 6 heterocycles. The van der Waals surface area contributed by atoms with E-state index in [-0.39, 0.29) is 106 Å². The van der Waals surface area contributed by atoms with Crippen molar-refractivity contribution in [1.82, 2.24) is 0 Å². The maximum atomic E-state index is 11.3. The molecule has 0 aromatic carbocycles. The van der Waals surface area contributed by atoms with Gasteiger partial charge in [-0.2, -0.15) is 0 Å². The van der Waals surface area contributed by atoms with Gasteiger partial charge in [-0.05, 0) is 0 Å². The second kappa shape index (κ2) is 33.5. The molecule has 0 aliphatic carbocycles. The van der Waals surface area contributed by atoms with Gasteiger partial charge in [0.1, 0.15) is 78.3 Å². The molecule has 0 aromatic heterocycles. The van der Waals surface area contributed by atoms with Crippen LogP contribution in [0.25, 0.3) is 0 Å². The van der Waals surface area contributed by atoms with Gasteiger partial charge in [0.2, 0.25) is 0 Å². The summed E-state index contributed by atoms with van der Waals surface area (Å²) >= 11 is 0. The van der Waals surface area contributed by atoms with Gasteiger partial charge in [0.25, 0.3) is 0 Å². The first kappa shape index (κ1) is 57.0. The van der Waals surface area contributed by atoms with Crippen molar-refractivity contribution in [1.29, 1.82) is 0 Å². The Labute approximate surface area is 365 Å². The average Bonchev–Trinajstić information content (AvgIpc) is 4.19. The van der Waals surface area contributed by atoms with Crippen LogP contribution >= 0.6 is 0 Å². The molecule has 6 saturated heterocycles. The van der Waals surface area contributed by atoms with Crippen molar-refractivity contribution in [3.8, 4) is 0 Å². The van der Waals surface area contributed by atoms with Crippen LogP contribution in [-0.2, 0) is 80.6 Å². The smallest absolute Gasteiger partial charge is 0.460 e. The lowest BCUT2D eigenvalue weighted by Crippen LogP contribution is -2.25. The third kappa shape index (κ3) is 27.7. The molecular formula is C33H51O32+. The quantitative estimate of drug-likeness (QED) is 0.0434. The van der Waals surface area contributed by atoms with Gasteiger partial charge in [0.15, 0.2) is 43.2 Å². The molecule has 374 valence electrons. The molecule has 6 aliphatic rings. The minimum Gasteiger partial charge on any atom is -0.460 e. The van der Waals surface area contributed by atoms with E-state index in [4.69, 9.17) is 50.3 Å². The Kier molecular flexibility index (Phi) is 29.4. The Bertz CT molecular complexity index is 1380. The zero-order valence-electron chi connectivity index (χ0n) is 34.1. The third-order valence-corrected chi connectivity index (χ3v) is 6.90. The zero-order valence-corrected chi connectivity index (χ0v) is 34.1. The van der Waals surface area contributed by atoms with E-state index in [0.717, 1.165) is 0 Å². The average molecular weight is 960 g/mol. The molecule has 8 unspecified atom stereocenters. The summed E-state index contributed by atoms with van der Waals surface area (Å²) in [6, 6.07) is 0. The number of hydrogen-bond acceptors (Lipinski definition) is 31. The number of carbonyl (C=O) groups is 8. The SMILES string of the molecule is O=C(COCC1COC(=O)O1)OCC1COC(=O)O1.O=C(OCC(O)CO)OCC1COC(=O)O1.O=C1OCC(CO)O1.O=C1OCC(CO)O1.O=C1OCC(CO)O1.OCC(O)C[OH2+]. The predicted octanol–water partition coefficient (Wildman–Crippen LogP) is -4.75. The van der Waals surface area contributed by atoms with Crippen LogP contribution in [0.15, 0.2) is 0 Å². The fourth-order valence-electron chi connectivity index (χ4n) is 3.69. The first-order chi connectivity index (χ1) is 31.0. The molecule has 6 aliphatic heterocycles.